The van der Waals surface area contributed by atoms with E-state index in [2.05, 4.69) is 4.72 Å². The van der Waals surface area contributed by atoms with Crippen molar-refractivity contribution >= 4 is 33.0 Å². The number of nitrogens with one attached hydrogen (secondary N) is 1. The van der Waals surface area contributed by atoms with E-state index < -0.39 is 14.9 Å². The highest BCUT2D eigenvalue weighted by molar-refractivity contribution is 7.92. The summed E-state index contributed by atoms with van der Waals surface area (Å²) in [5.41, 5.74) is 1.92. The Labute approximate surface area is 179 Å². The molecule has 1 aliphatic rings. The van der Waals surface area contributed by atoms with Crippen LogP contribution in [0.3, 0.4) is 0 Å². The maximum absolute atomic E-state index is 12.9. The number of nitrogens with zero attached hydrogens (tertiary/aromatic N) is 2. The number of carbonyl (C=O) groups is 1. The Morgan fingerprint density at radius 3 is 2.52 bits per heavy atom. The van der Waals surface area contributed by atoms with Crippen molar-refractivity contribution in [2.24, 2.45) is 0 Å². The Morgan fingerprint density at radius 2 is 1.77 bits per heavy atom. The zero-order valence-electron chi connectivity index (χ0n) is 16.4. The van der Waals surface area contributed by atoms with E-state index in [1.165, 1.54) is 24.3 Å². The van der Waals surface area contributed by atoms with Crippen molar-refractivity contribution in [1.29, 1.82) is 0 Å². The number of carbonyl (C=O) groups excluding carboxylic acids is 1. The molecule has 9 heteroatoms. The third kappa shape index (κ3) is 4.26. The predicted octanol–water partition coefficient (Wildman–Crippen LogP) is 3.99. The van der Waals surface area contributed by atoms with Crippen LogP contribution in [-0.4, -0.2) is 25.8 Å². The zero-order chi connectivity index (χ0) is 22.0. The standard InChI is InChI=1S/C22H19N3O5S/c26-22(16-6-2-1-3-7-16)24-13-5-8-17-14-20(11-12-21(17)24)31(29,30)23-18-9-4-10-19(15-18)25(27)28/h1-4,6-7,9-12,14-15,23H,5,8,13H2. The molecule has 8 nitrogen and oxygen atoms in total. The van der Waals surface area contributed by atoms with Crippen molar-refractivity contribution in [3.05, 3.63) is 94.0 Å². The second-order valence-corrected chi connectivity index (χ2v) is 8.81. The highest BCUT2D eigenvalue weighted by Gasteiger charge is 2.25. The summed E-state index contributed by atoms with van der Waals surface area (Å²) in [6.45, 7) is 0.554. The van der Waals surface area contributed by atoms with E-state index in [4.69, 9.17) is 0 Å². The van der Waals surface area contributed by atoms with Crippen LogP contribution in [0.1, 0.15) is 22.3 Å². The maximum atomic E-state index is 12.9. The first kappa shape index (κ1) is 20.5. The molecule has 0 atom stereocenters. The fourth-order valence-corrected chi connectivity index (χ4v) is 4.68. The highest BCUT2D eigenvalue weighted by Crippen LogP contribution is 2.31. The molecule has 0 aromatic heterocycles. The summed E-state index contributed by atoms with van der Waals surface area (Å²) in [5, 5.41) is 10.9. The largest absolute Gasteiger partial charge is 0.308 e. The molecule has 1 aliphatic heterocycles. The number of amides is 1. The molecule has 0 bridgehead atoms. The first-order valence-corrected chi connectivity index (χ1v) is 11.1. The number of hydrogen-bond donors (Lipinski definition) is 1. The lowest BCUT2D eigenvalue weighted by Crippen LogP contribution is -2.35. The van der Waals surface area contributed by atoms with Crippen LogP contribution in [0.15, 0.2) is 77.7 Å². The number of nitro groups is 1. The predicted molar refractivity (Wildman–Crippen MR) is 117 cm³/mol. The number of hydrogen-bond acceptors (Lipinski definition) is 5. The molecule has 1 amide bonds. The second-order valence-electron chi connectivity index (χ2n) is 7.13. The average molecular weight is 437 g/mol. The summed E-state index contributed by atoms with van der Waals surface area (Å²) < 4.78 is 28.1. The van der Waals surface area contributed by atoms with Crippen LogP contribution in [0.25, 0.3) is 0 Å². The van der Waals surface area contributed by atoms with Crippen LogP contribution < -0.4 is 9.62 Å². The summed E-state index contributed by atoms with van der Waals surface area (Å²) in [6, 6.07) is 18.9. The van der Waals surface area contributed by atoms with E-state index in [1.54, 1.807) is 41.3 Å². The van der Waals surface area contributed by atoms with Gasteiger partial charge < -0.3 is 4.90 Å². The van der Waals surface area contributed by atoms with E-state index in [-0.39, 0.29) is 22.2 Å². The van der Waals surface area contributed by atoms with Gasteiger partial charge in [0.15, 0.2) is 0 Å². The molecule has 0 radical (unpaired) electrons. The quantitative estimate of drug-likeness (QED) is 0.479. The van der Waals surface area contributed by atoms with Gasteiger partial charge in [0.05, 0.1) is 15.5 Å². The Hall–Kier alpha value is -3.72. The number of fused-ring (bicyclic) bond motifs is 1. The fourth-order valence-electron chi connectivity index (χ4n) is 3.59. The normalized spacial score (nSPS) is 13.4. The van der Waals surface area contributed by atoms with Crippen molar-refractivity contribution in [1.82, 2.24) is 0 Å². The van der Waals surface area contributed by atoms with E-state index in [0.29, 0.717) is 30.6 Å². The monoisotopic (exact) mass is 437 g/mol. The van der Waals surface area contributed by atoms with Crippen molar-refractivity contribution in [3.63, 3.8) is 0 Å². The van der Waals surface area contributed by atoms with Crippen molar-refractivity contribution < 1.29 is 18.1 Å². The molecule has 1 heterocycles. The molecule has 0 spiro atoms. The maximum Gasteiger partial charge on any atom is 0.271 e. The van der Waals surface area contributed by atoms with Crippen LogP contribution in [0.4, 0.5) is 17.1 Å². The number of anilines is 2. The van der Waals surface area contributed by atoms with Gasteiger partial charge in [-0.1, -0.05) is 24.3 Å². The lowest BCUT2D eigenvalue weighted by molar-refractivity contribution is -0.384. The van der Waals surface area contributed by atoms with E-state index in [9.17, 15) is 23.3 Å². The molecule has 0 saturated carbocycles. The van der Waals surface area contributed by atoms with Gasteiger partial charge in [-0.2, -0.15) is 0 Å². The van der Waals surface area contributed by atoms with E-state index in [0.717, 1.165) is 11.6 Å². The number of nitro benzene ring substituents is 1. The second kappa shape index (κ2) is 8.19. The van der Waals surface area contributed by atoms with Crippen molar-refractivity contribution in [2.45, 2.75) is 17.7 Å². The molecule has 0 aliphatic carbocycles. The minimum Gasteiger partial charge on any atom is -0.308 e. The Balaban J connectivity index is 1.62. The summed E-state index contributed by atoms with van der Waals surface area (Å²) in [5.74, 6) is -0.133. The molecule has 31 heavy (non-hydrogen) atoms. The lowest BCUT2D eigenvalue weighted by Gasteiger charge is -2.30. The minimum absolute atomic E-state index is 0.0340. The zero-order valence-corrected chi connectivity index (χ0v) is 17.2. The average Bonchev–Trinajstić information content (AvgIpc) is 2.78. The SMILES string of the molecule is O=C(c1ccccc1)N1CCCc2cc(S(=O)(=O)Nc3cccc([N+](=O)[O-])c3)ccc21. The molecular formula is C22H19N3O5S. The smallest absolute Gasteiger partial charge is 0.271 e. The number of non-ortho nitro benzene ring substituents is 1. The van der Waals surface area contributed by atoms with Gasteiger partial charge in [-0.25, -0.2) is 8.42 Å². The molecular weight excluding hydrogens is 418 g/mol. The summed E-state index contributed by atoms with van der Waals surface area (Å²) >= 11 is 0. The fraction of sp³-hybridized carbons (Fsp3) is 0.136. The van der Waals surface area contributed by atoms with Crippen LogP contribution in [-0.2, 0) is 16.4 Å². The van der Waals surface area contributed by atoms with E-state index >= 15 is 0 Å². The Bertz CT molecular complexity index is 1260. The number of sulfonamides is 1. The first-order chi connectivity index (χ1) is 14.8. The van der Waals surface area contributed by atoms with Gasteiger partial charge in [0.25, 0.3) is 21.6 Å². The summed E-state index contributed by atoms with van der Waals surface area (Å²) in [6.07, 6.45) is 1.36. The minimum atomic E-state index is -3.96. The molecule has 0 unspecified atom stereocenters. The van der Waals surface area contributed by atoms with Gasteiger partial charge in [0, 0.05) is 29.9 Å². The highest BCUT2D eigenvalue weighted by atomic mass is 32.2. The molecule has 0 fully saturated rings. The first-order valence-electron chi connectivity index (χ1n) is 9.62. The molecule has 3 aromatic carbocycles. The van der Waals surface area contributed by atoms with Gasteiger partial charge in [0.1, 0.15) is 0 Å². The Morgan fingerprint density at radius 1 is 1.00 bits per heavy atom. The third-order valence-electron chi connectivity index (χ3n) is 5.05. The van der Waals surface area contributed by atoms with Crippen LogP contribution in [0, 0.1) is 10.1 Å². The number of benzene rings is 3. The summed E-state index contributed by atoms with van der Waals surface area (Å²) in [4.78, 5) is 25.0. The lowest BCUT2D eigenvalue weighted by atomic mass is 10.0. The van der Waals surface area contributed by atoms with Crippen LogP contribution in [0.5, 0.6) is 0 Å². The van der Waals surface area contributed by atoms with Crippen molar-refractivity contribution in [2.75, 3.05) is 16.2 Å². The van der Waals surface area contributed by atoms with Gasteiger partial charge in [0.2, 0.25) is 0 Å². The van der Waals surface area contributed by atoms with Gasteiger partial charge in [-0.15, -0.1) is 0 Å². The summed E-state index contributed by atoms with van der Waals surface area (Å²) in [7, 11) is -3.96. The van der Waals surface area contributed by atoms with Crippen LogP contribution >= 0.6 is 0 Å². The number of aryl methyl sites for hydroxylation is 1. The van der Waals surface area contributed by atoms with Gasteiger partial charge in [-0.05, 0) is 54.8 Å². The molecule has 4 rings (SSSR count). The van der Waals surface area contributed by atoms with Crippen molar-refractivity contribution in [3.8, 4) is 0 Å². The van der Waals surface area contributed by atoms with Gasteiger partial charge in [-0.3, -0.25) is 19.6 Å². The molecule has 1 N–H and O–H groups in total. The third-order valence-corrected chi connectivity index (χ3v) is 6.43. The molecule has 158 valence electrons. The van der Waals surface area contributed by atoms with E-state index in [1.807, 2.05) is 6.07 Å². The number of rotatable bonds is 5. The van der Waals surface area contributed by atoms with Gasteiger partial charge >= 0.3 is 0 Å². The Kier molecular flexibility index (Phi) is 5.43. The molecule has 0 saturated heterocycles. The topological polar surface area (TPSA) is 110 Å². The molecule has 3 aromatic rings. The van der Waals surface area contributed by atoms with Crippen LogP contribution in [0.2, 0.25) is 0 Å².